The number of aliphatic carboxylic acids is 1. The summed E-state index contributed by atoms with van der Waals surface area (Å²) in [6.07, 6.45) is 2.84. The van der Waals surface area contributed by atoms with E-state index in [0.717, 1.165) is 35.8 Å². The van der Waals surface area contributed by atoms with Gasteiger partial charge in [-0.05, 0) is 48.2 Å². The summed E-state index contributed by atoms with van der Waals surface area (Å²) in [7, 11) is 0. The van der Waals surface area contributed by atoms with Crippen LogP contribution in [0, 0.1) is 0 Å². The number of unbranched alkanes of at least 4 members (excludes halogenated alkanes) is 1. The van der Waals surface area contributed by atoms with Crippen molar-refractivity contribution in [3.8, 4) is 5.75 Å². The number of hydrogen-bond donors (Lipinski definition) is 2. The molecular formula is C24H24ClNO6. The molecule has 0 spiro atoms. The Morgan fingerprint density at radius 3 is 2.59 bits per heavy atom. The van der Waals surface area contributed by atoms with Crippen molar-refractivity contribution in [1.29, 1.82) is 0 Å². The van der Waals surface area contributed by atoms with E-state index in [9.17, 15) is 19.5 Å². The lowest BCUT2D eigenvalue weighted by Crippen LogP contribution is -2.44. The van der Waals surface area contributed by atoms with E-state index in [-0.39, 0.29) is 13.0 Å². The van der Waals surface area contributed by atoms with Crippen molar-refractivity contribution in [3.05, 3.63) is 75.1 Å². The van der Waals surface area contributed by atoms with Gasteiger partial charge in [-0.25, -0.2) is 9.59 Å². The first-order chi connectivity index (χ1) is 15.4. The summed E-state index contributed by atoms with van der Waals surface area (Å²) in [6, 6.07) is 12.2. The number of carbonyl (C=O) groups is 2. The second kappa shape index (κ2) is 10.8. The molecule has 2 aromatic carbocycles. The molecular weight excluding hydrogens is 434 g/mol. The number of rotatable bonds is 10. The van der Waals surface area contributed by atoms with Crippen LogP contribution in [0.1, 0.15) is 30.9 Å². The minimum Gasteiger partial charge on any atom is -0.484 e. The third kappa shape index (κ3) is 6.34. The van der Waals surface area contributed by atoms with Crippen LogP contribution in [0.15, 0.2) is 57.7 Å². The fourth-order valence-electron chi connectivity index (χ4n) is 3.32. The summed E-state index contributed by atoms with van der Waals surface area (Å²) >= 11 is 5.84. The van der Waals surface area contributed by atoms with E-state index in [1.807, 2.05) is 0 Å². The molecule has 0 aliphatic carbocycles. The molecule has 0 radical (unpaired) electrons. The lowest BCUT2D eigenvalue weighted by atomic mass is 10.0. The van der Waals surface area contributed by atoms with Gasteiger partial charge >= 0.3 is 11.6 Å². The molecule has 0 aliphatic heterocycles. The Morgan fingerprint density at radius 2 is 1.91 bits per heavy atom. The van der Waals surface area contributed by atoms with Crippen LogP contribution in [-0.2, 0) is 22.4 Å². The van der Waals surface area contributed by atoms with Crippen LogP contribution in [0.3, 0.4) is 0 Å². The molecule has 7 nitrogen and oxygen atoms in total. The molecule has 3 rings (SSSR count). The number of hydrogen-bond acceptors (Lipinski definition) is 5. The second-order valence-electron chi connectivity index (χ2n) is 7.43. The lowest BCUT2D eigenvalue weighted by molar-refractivity contribution is -0.142. The summed E-state index contributed by atoms with van der Waals surface area (Å²) in [5.41, 5.74) is 1.58. The number of carboxylic acid groups (broad SMARTS) is 1. The molecule has 0 bridgehead atoms. The maximum Gasteiger partial charge on any atom is 0.336 e. The second-order valence-corrected chi connectivity index (χ2v) is 7.87. The predicted octanol–water partition coefficient (Wildman–Crippen LogP) is 3.98. The fourth-order valence-corrected chi connectivity index (χ4v) is 3.44. The zero-order chi connectivity index (χ0) is 23.1. The van der Waals surface area contributed by atoms with E-state index in [0.29, 0.717) is 16.4 Å². The highest BCUT2D eigenvalue weighted by molar-refractivity contribution is 6.30. The van der Waals surface area contributed by atoms with Gasteiger partial charge in [0.2, 0.25) is 0 Å². The van der Waals surface area contributed by atoms with Crippen LogP contribution >= 0.6 is 11.6 Å². The topological polar surface area (TPSA) is 106 Å². The number of amides is 1. The zero-order valence-electron chi connectivity index (χ0n) is 17.6. The Morgan fingerprint density at radius 1 is 1.16 bits per heavy atom. The zero-order valence-corrected chi connectivity index (χ0v) is 18.4. The van der Waals surface area contributed by atoms with Crippen molar-refractivity contribution in [2.45, 2.75) is 38.6 Å². The van der Waals surface area contributed by atoms with Gasteiger partial charge in [0.25, 0.3) is 5.91 Å². The van der Waals surface area contributed by atoms with Crippen molar-refractivity contribution in [2.75, 3.05) is 6.61 Å². The number of nitrogens with one attached hydrogen (secondary N) is 1. The molecule has 1 unspecified atom stereocenters. The lowest BCUT2D eigenvalue weighted by Gasteiger charge is -2.15. The maximum absolute atomic E-state index is 12.3. The average Bonchev–Trinajstić information content (AvgIpc) is 2.76. The van der Waals surface area contributed by atoms with Crippen LogP contribution in [0.2, 0.25) is 5.02 Å². The summed E-state index contributed by atoms with van der Waals surface area (Å²) in [5.74, 6) is -1.39. The molecule has 1 amide bonds. The van der Waals surface area contributed by atoms with Gasteiger partial charge in [0.05, 0.1) is 0 Å². The van der Waals surface area contributed by atoms with Crippen LogP contribution in [0.25, 0.3) is 11.0 Å². The average molecular weight is 458 g/mol. The van der Waals surface area contributed by atoms with Crippen LogP contribution in [-0.4, -0.2) is 29.6 Å². The molecule has 2 N–H and O–H groups in total. The Bertz CT molecular complexity index is 1160. The van der Waals surface area contributed by atoms with Crippen molar-refractivity contribution >= 4 is 34.4 Å². The number of carboxylic acids is 1. The molecule has 0 saturated carbocycles. The van der Waals surface area contributed by atoms with Crippen molar-refractivity contribution < 1.29 is 23.8 Å². The number of halogens is 1. The minimum atomic E-state index is -1.15. The van der Waals surface area contributed by atoms with E-state index >= 15 is 0 Å². The molecule has 0 fully saturated rings. The van der Waals surface area contributed by atoms with Gasteiger partial charge in [-0.3, -0.25) is 4.79 Å². The van der Waals surface area contributed by atoms with Gasteiger partial charge < -0.3 is 19.6 Å². The van der Waals surface area contributed by atoms with Gasteiger partial charge in [0.15, 0.2) is 6.61 Å². The van der Waals surface area contributed by atoms with E-state index in [2.05, 4.69) is 12.2 Å². The highest BCUT2D eigenvalue weighted by atomic mass is 35.5. The SMILES string of the molecule is CCCCc1cc(=O)oc2cc(OCC(=O)NC(Cc3ccc(Cl)cc3)C(=O)O)ccc12. The first-order valence-corrected chi connectivity index (χ1v) is 10.7. The summed E-state index contributed by atoms with van der Waals surface area (Å²) in [5, 5.41) is 13.3. The summed E-state index contributed by atoms with van der Waals surface area (Å²) in [4.78, 5) is 35.7. The molecule has 1 aromatic heterocycles. The maximum atomic E-state index is 12.3. The van der Waals surface area contributed by atoms with Crippen molar-refractivity contribution in [2.24, 2.45) is 0 Å². The number of ether oxygens (including phenoxy) is 1. The standard InChI is InChI=1S/C24H24ClNO6/c1-2-3-4-16-12-23(28)32-21-13-18(9-10-19(16)21)31-14-22(27)26-20(24(29)30)11-15-5-7-17(25)8-6-15/h5-10,12-13,20H,2-4,11,14H2,1H3,(H,26,27)(H,29,30). The quantitative estimate of drug-likeness (QED) is 0.446. The molecule has 168 valence electrons. The number of carbonyl (C=O) groups excluding carboxylic acids is 1. The molecule has 8 heteroatoms. The number of fused-ring (bicyclic) bond motifs is 1. The fraction of sp³-hybridized carbons (Fsp3) is 0.292. The molecule has 0 aliphatic rings. The molecule has 1 heterocycles. The molecule has 1 atom stereocenters. The minimum absolute atomic E-state index is 0.111. The largest absolute Gasteiger partial charge is 0.484 e. The predicted molar refractivity (Wildman–Crippen MR) is 121 cm³/mol. The van der Waals surface area contributed by atoms with Gasteiger partial charge in [-0.2, -0.15) is 0 Å². The van der Waals surface area contributed by atoms with Gasteiger partial charge in [-0.1, -0.05) is 37.1 Å². The van der Waals surface area contributed by atoms with E-state index in [4.69, 9.17) is 20.8 Å². The Labute approximate surface area is 190 Å². The number of aryl methyl sites for hydroxylation is 1. The number of benzene rings is 2. The Kier molecular flexibility index (Phi) is 7.89. The Balaban J connectivity index is 1.64. The van der Waals surface area contributed by atoms with Crippen LogP contribution in [0.5, 0.6) is 5.75 Å². The highest BCUT2D eigenvalue weighted by Crippen LogP contribution is 2.24. The molecule has 0 saturated heterocycles. The summed E-state index contributed by atoms with van der Waals surface area (Å²) < 4.78 is 10.8. The molecule has 3 aromatic rings. The van der Waals surface area contributed by atoms with Crippen LogP contribution < -0.4 is 15.7 Å². The smallest absolute Gasteiger partial charge is 0.336 e. The summed E-state index contributed by atoms with van der Waals surface area (Å²) in [6.45, 7) is 1.70. The van der Waals surface area contributed by atoms with E-state index in [1.165, 1.54) is 6.07 Å². The molecule has 32 heavy (non-hydrogen) atoms. The normalized spacial score (nSPS) is 11.8. The van der Waals surface area contributed by atoms with Gasteiger partial charge in [0, 0.05) is 29.0 Å². The van der Waals surface area contributed by atoms with Crippen molar-refractivity contribution in [3.63, 3.8) is 0 Å². The van der Waals surface area contributed by atoms with E-state index < -0.39 is 23.5 Å². The first-order valence-electron chi connectivity index (χ1n) is 10.3. The van der Waals surface area contributed by atoms with Crippen molar-refractivity contribution in [1.82, 2.24) is 5.32 Å². The monoisotopic (exact) mass is 457 g/mol. The van der Waals surface area contributed by atoms with E-state index in [1.54, 1.807) is 42.5 Å². The van der Waals surface area contributed by atoms with Gasteiger partial charge in [0.1, 0.15) is 17.4 Å². The Hall–Kier alpha value is -3.32. The third-order valence-corrected chi connectivity index (χ3v) is 5.21. The third-order valence-electron chi connectivity index (χ3n) is 4.96. The first kappa shape index (κ1) is 23.3. The van der Waals surface area contributed by atoms with Crippen LogP contribution in [0.4, 0.5) is 0 Å². The van der Waals surface area contributed by atoms with Gasteiger partial charge in [-0.15, -0.1) is 0 Å². The highest BCUT2D eigenvalue weighted by Gasteiger charge is 2.21.